The summed E-state index contributed by atoms with van der Waals surface area (Å²) >= 11 is 0. The van der Waals surface area contributed by atoms with E-state index >= 15 is 0 Å². The Bertz CT molecular complexity index is 1150. The number of hydrogen-bond acceptors (Lipinski definition) is 5. The molecule has 1 unspecified atom stereocenters. The minimum absolute atomic E-state index is 0.427. The van der Waals surface area contributed by atoms with E-state index in [9.17, 15) is 4.79 Å². The number of amides is 1. The van der Waals surface area contributed by atoms with Crippen LogP contribution in [0.1, 0.15) is 18.4 Å². The lowest BCUT2D eigenvalue weighted by Crippen LogP contribution is -2.19. The summed E-state index contributed by atoms with van der Waals surface area (Å²) in [5.41, 5.74) is 10.4. The summed E-state index contributed by atoms with van der Waals surface area (Å²) in [6, 6.07) is 13.6. The highest BCUT2D eigenvalue weighted by atomic mass is 16.5. The molecule has 0 saturated carbocycles. The number of hydrogen-bond donors (Lipinski definition) is 2. The van der Waals surface area contributed by atoms with Gasteiger partial charge in [-0.1, -0.05) is 30.3 Å². The molecular weight excluding hydrogens is 354 g/mol. The Morgan fingerprint density at radius 1 is 1.18 bits per heavy atom. The number of aromatic amines is 1. The molecule has 1 amide bonds. The lowest BCUT2D eigenvalue weighted by atomic mass is 9.95. The third-order valence-corrected chi connectivity index (χ3v) is 4.84. The SMILES string of the molecule is COc1cc2ncnc(-c3cn[nH]c3-c3ccccc3)c2cc1C(C)C(N)=O. The molecule has 1 atom stereocenters. The van der Waals surface area contributed by atoms with Gasteiger partial charge in [0.25, 0.3) is 0 Å². The molecule has 2 aromatic carbocycles. The van der Waals surface area contributed by atoms with E-state index in [0.29, 0.717) is 16.8 Å². The predicted molar refractivity (Wildman–Crippen MR) is 107 cm³/mol. The number of H-pyrrole nitrogens is 1. The van der Waals surface area contributed by atoms with Crippen LogP contribution in [0.15, 0.2) is 55.0 Å². The van der Waals surface area contributed by atoms with Gasteiger partial charge < -0.3 is 10.5 Å². The van der Waals surface area contributed by atoms with Crippen LogP contribution in [0.2, 0.25) is 0 Å². The van der Waals surface area contributed by atoms with Gasteiger partial charge in [-0.25, -0.2) is 9.97 Å². The molecule has 3 N–H and O–H groups in total. The minimum Gasteiger partial charge on any atom is -0.496 e. The maximum absolute atomic E-state index is 11.8. The zero-order valence-electron chi connectivity index (χ0n) is 15.5. The van der Waals surface area contributed by atoms with Gasteiger partial charge in [-0.2, -0.15) is 5.10 Å². The van der Waals surface area contributed by atoms with Gasteiger partial charge in [0.1, 0.15) is 12.1 Å². The van der Waals surface area contributed by atoms with E-state index in [2.05, 4.69) is 20.2 Å². The lowest BCUT2D eigenvalue weighted by molar-refractivity contribution is -0.119. The van der Waals surface area contributed by atoms with E-state index < -0.39 is 11.8 Å². The molecule has 7 heteroatoms. The highest BCUT2D eigenvalue weighted by Gasteiger charge is 2.21. The van der Waals surface area contributed by atoms with Crippen LogP contribution in [-0.4, -0.2) is 33.2 Å². The Hall–Kier alpha value is -3.74. The normalized spacial score (nSPS) is 12.1. The number of aromatic nitrogens is 4. The first-order valence-electron chi connectivity index (χ1n) is 8.81. The van der Waals surface area contributed by atoms with Gasteiger partial charge in [0, 0.05) is 28.1 Å². The van der Waals surface area contributed by atoms with Crippen molar-refractivity contribution < 1.29 is 9.53 Å². The van der Waals surface area contributed by atoms with Crippen LogP contribution in [0, 0.1) is 0 Å². The van der Waals surface area contributed by atoms with E-state index in [1.165, 1.54) is 6.33 Å². The van der Waals surface area contributed by atoms with Crippen LogP contribution in [-0.2, 0) is 4.79 Å². The molecule has 140 valence electrons. The summed E-state index contributed by atoms with van der Waals surface area (Å²) in [6.07, 6.45) is 3.25. The van der Waals surface area contributed by atoms with E-state index in [0.717, 1.165) is 27.9 Å². The number of rotatable bonds is 5. The van der Waals surface area contributed by atoms with Gasteiger partial charge >= 0.3 is 0 Å². The largest absolute Gasteiger partial charge is 0.496 e. The van der Waals surface area contributed by atoms with Crippen molar-refractivity contribution in [3.8, 4) is 28.3 Å². The molecule has 4 rings (SSSR count). The van der Waals surface area contributed by atoms with Crippen molar-refractivity contribution in [1.82, 2.24) is 20.2 Å². The number of nitrogens with one attached hydrogen (secondary N) is 1. The van der Waals surface area contributed by atoms with Crippen molar-refractivity contribution in [1.29, 1.82) is 0 Å². The summed E-state index contributed by atoms with van der Waals surface area (Å²) < 4.78 is 5.46. The third kappa shape index (κ3) is 2.96. The third-order valence-electron chi connectivity index (χ3n) is 4.84. The van der Waals surface area contributed by atoms with E-state index in [1.54, 1.807) is 26.3 Å². The Kier molecular flexibility index (Phi) is 4.49. The van der Waals surface area contributed by atoms with Crippen molar-refractivity contribution in [2.75, 3.05) is 7.11 Å². The molecule has 28 heavy (non-hydrogen) atoms. The van der Waals surface area contributed by atoms with Gasteiger partial charge in [0.05, 0.1) is 36.1 Å². The number of fused-ring (bicyclic) bond motifs is 1. The monoisotopic (exact) mass is 373 g/mol. The van der Waals surface area contributed by atoms with Gasteiger partial charge in [-0.05, 0) is 13.0 Å². The molecule has 0 aliphatic rings. The summed E-state index contributed by atoms with van der Waals surface area (Å²) in [6.45, 7) is 1.75. The second kappa shape index (κ2) is 7.11. The lowest BCUT2D eigenvalue weighted by Gasteiger charge is -2.15. The molecule has 0 radical (unpaired) electrons. The van der Waals surface area contributed by atoms with Crippen molar-refractivity contribution in [2.24, 2.45) is 5.73 Å². The average molecular weight is 373 g/mol. The second-order valence-corrected chi connectivity index (χ2v) is 6.48. The Balaban J connectivity index is 1.96. The van der Waals surface area contributed by atoms with E-state index in [4.69, 9.17) is 10.5 Å². The summed E-state index contributed by atoms with van der Waals surface area (Å²) in [4.78, 5) is 20.7. The highest BCUT2D eigenvalue weighted by molar-refractivity contribution is 5.97. The first-order valence-corrected chi connectivity index (χ1v) is 8.81. The van der Waals surface area contributed by atoms with Crippen molar-refractivity contribution >= 4 is 16.8 Å². The Labute approximate surface area is 161 Å². The van der Waals surface area contributed by atoms with Crippen LogP contribution in [0.4, 0.5) is 0 Å². The number of carbonyl (C=O) groups is 1. The van der Waals surface area contributed by atoms with Gasteiger partial charge in [0.2, 0.25) is 5.91 Å². The maximum Gasteiger partial charge on any atom is 0.224 e. The summed E-state index contributed by atoms with van der Waals surface area (Å²) in [7, 11) is 1.56. The first-order chi connectivity index (χ1) is 13.6. The van der Waals surface area contributed by atoms with Gasteiger partial charge in [0.15, 0.2) is 0 Å². The fourth-order valence-electron chi connectivity index (χ4n) is 3.27. The Morgan fingerprint density at radius 2 is 1.96 bits per heavy atom. The van der Waals surface area contributed by atoms with Crippen LogP contribution >= 0.6 is 0 Å². The van der Waals surface area contributed by atoms with Gasteiger partial charge in [-0.3, -0.25) is 9.89 Å². The van der Waals surface area contributed by atoms with Gasteiger partial charge in [-0.15, -0.1) is 0 Å². The molecule has 7 nitrogen and oxygen atoms in total. The minimum atomic E-state index is -0.509. The number of nitrogens with zero attached hydrogens (tertiary/aromatic N) is 3. The fourth-order valence-corrected chi connectivity index (χ4v) is 3.27. The quantitative estimate of drug-likeness (QED) is 0.558. The van der Waals surface area contributed by atoms with Crippen LogP contribution in [0.3, 0.4) is 0 Å². The molecule has 2 heterocycles. The second-order valence-electron chi connectivity index (χ2n) is 6.48. The van der Waals surface area contributed by atoms with Crippen LogP contribution in [0.5, 0.6) is 5.75 Å². The molecule has 0 fully saturated rings. The van der Waals surface area contributed by atoms with E-state index in [-0.39, 0.29) is 0 Å². The standard InChI is InChI=1S/C21H19N5O2/c1-12(21(22)27)14-8-15-17(9-18(14)28-2)23-11-24-20(15)16-10-25-26-19(16)13-6-4-3-5-7-13/h3-12H,1-2H3,(H2,22,27)(H,25,26). The molecule has 0 spiro atoms. The number of primary amides is 1. The molecular formula is C21H19N5O2. The zero-order valence-corrected chi connectivity index (χ0v) is 15.5. The summed E-state index contributed by atoms with van der Waals surface area (Å²) in [5.74, 6) is -0.367. The molecule has 0 aliphatic carbocycles. The smallest absolute Gasteiger partial charge is 0.224 e. The number of nitrogens with two attached hydrogens (primary N) is 1. The zero-order chi connectivity index (χ0) is 19.7. The molecule has 0 saturated heterocycles. The van der Waals surface area contributed by atoms with Crippen molar-refractivity contribution in [2.45, 2.75) is 12.8 Å². The number of methoxy groups -OCH3 is 1. The van der Waals surface area contributed by atoms with Crippen LogP contribution < -0.4 is 10.5 Å². The average Bonchev–Trinajstić information content (AvgIpc) is 3.22. The predicted octanol–water partition coefficient (Wildman–Crippen LogP) is 3.28. The molecule has 4 aromatic rings. The fraction of sp³-hybridized carbons (Fsp3) is 0.143. The number of carbonyl (C=O) groups excluding carboxylic acids is 1. The number of ether oxygens (including phenoxy) is 1. The topological polar surface area (TPSA) is 107 Å². The molecule has 0 aliphatic heterocycles. The van der Waals surface area contributed by atoms with Crippen LogP contribution in [0.25, 0.3) is 33.4 Å². The summed E-state index contributed by atoms with van der Waals surface area (Å²) in [5, 5.41) is 8.07. The Morgan fingerprint density at radius 3 is 2.68 bits per heavy atom. The van der Waals surface area contributed by atoms with Crippen molar-refractivity contribution in [3.63, 3.8) is 0 Å². The van der Waals surface area contributed by atoms with Crippen molar-refractivity contribution in [3.05, 3.63) is 60.6 Å². The molecule has 0 bridgehead atoms. The molecule has 2 aromatic heterocycles. The first kappa shape index (κ1) is 17.7. The highest BCUT2D eigenvalue weighted by Crippen LogP contribution is 2.37. The maximum atomic E-state index is 11.8. The van der Waals surface area contributed by atoms with E-state index in [1.807, 2.05) is 36.4 Å². The number of benzene rings is 2.